The Morgan fingerprint density at radius 2 is 1.50 bits per heavy atom. The molecule has 3 nitrogen and oxygen atoms in total. The van der Waals surface area contributed by atoms with E-state index in [4.69, 9.17) is 14.2 Å². The molecule has 0 saturated carbocycles. The van der Waals surface area contributed by atoms with Gasteiger partial charge in [-0.05, 0) is 31.7 Å². The van der Waals surface area contributed by atoms with Crippen LogP contribution in [-0.4, -0.2) is 44.8 Å². The van der Waals surface area contributed by atoms with Crippen LogP contribution in [0.2, 0.25) is 0 Å². The van der Waals surface area contributed by atoms with E-state index in [-0.39, 0.29) is 26.2 Å². The van der Waals surface area contributed by atoms with E-state index in [1.807, 2.05) is 30.3 Å². The molecular formula is C18H25F5O3. The van der Waals surface area contributed by atoms with Gasteiger partial charge in [-0.15, -0.1) is 0 Å². The molecule has 0 bridgehead atoms. The van der Waals surface area contributed by atoms with Gasteiger partial charge in [-0.3, -0.25) is 0 Å². The van der Waals surface area contributed by atoms with Crippen molar-refractivity contribution in [2.24, 2.45) is 0 Å². The number of benzene rings is 1. The van der Waals surface area contributed by atoms with Crippen molar-refractivity contribution in [3.63, 3.8) is 0 Å². The summed E-state index contributed by atoms with van der Waals surface area (Å²) in [6, 6.07) is 10.0. The van der Waals surface area contributed by atoms with Gasteiger partial charge in [-0.2, -0.15) is 22.0 Å². The van der Waals surface area contributed by atoms with Gasteiger partial charge in [0, 0.05) is 13.0 Å². The number of aryl methyl sites for hydroxylation is 1. The molecule has 0 saturated heterocycles. The zero-order valence-electron chi connectivity index (χ0n) is 14.7. The largest absolute Gasteiger partial charge is 0.453 e. The van der Waals surface area contributed by atoms with Crippen molar-refractivity contribution in [3.05, 3.63) is 35.9 Å². The van der Waals surface area contributed by atoms with Crippen LogP contribution in [0.5, 0.6) is 0 Å². The second kappa shape index (κ2) is 11.5. The van der Waals surface area contributed by atoms with E-state index in [2.05, 4.69) is 0 Å². The molecule has 0 spiro atoms. The van der Waals surface area contributed by atoms with Crippen molar-refractivity contribution >= 4 is 0 Å². The maximum atomic E-state index is 12.6. The third-order valence-electron chi connectivity index (χ3n) is 3.58. The number of halogens is 5. The van der Waals surface area contributed by atoms with Gasteiger partial charge in [0.15, 0.2) is 6.29 Å². The van der Waals surface area contributed by atoms with Crippen LogP contribution in [0.3, 0.4) is 0 Å². The molecule has 0 N–H and O–H groups in total. The fourth-order valence-electron chi connectivity index (χ4n) is 2.13. The van der Waals surface area contributed by atoms with Gasteiger partial charge < -0.3 is 14.2 Å². The predicted molar refractivity (Wildman–Crippen MR) is 87.2 cm³/mol. The molecule has 150 valence electrons. The normalized spacial score (nSPS) is 13.8. The highest BCUT2D eigenvalue weighted by Crippen LogP contribution is 2.38. The Balaban J connectivity index is 1.96. The van der Waals surface area contributed by atoms with Gasteiger partial charge in [0.1, 0.15) is 0 Å². The highest BCUT2D eigenvalue weighted by molar-refractivity contribution is 5.14. The maximum Gasteiger partial charge on any atom is 0.453 e. The minimum atomic E-state index is -5.51. The average Bonchev–Trinajstić information content (AvgIpc) is 2.57. The van der Waals surface area contributed by atoms with Crippen LogP contribution >= 0.6 is 0 Å². The Labute approximate surface area is 150 Å². The molecular weight excluding hydrogens is 359 g/mol. The lowest BCUT2D eigenvalue weighted by Gasteiger charge is -2.19. The van der Waals surface area contributed by atoms with Gasteiger partial charge in [-0.1, -0.05) is 30.3 Å². The van der Waals surface area contributed by atoms with Crippen molar-refractivity contribution in [3.8, 4) is 0 Å². The molecule has 0 fully saturated rings. The van der Waals surface area contributed by atoms with Crippen molar-refractivity contribution < 1.29 is 36.2 Å². The first-order chi connectivity index (χ1) is 12.2. The first-order valence-corrected chi connectivity index (χ1v) is 8.52. The zero-order valence-corrected chi connectivity index (χ0v) is 14.7. The summed E-state index contributed by atoms with van der Waals surface area (Å²) in [5.74, 6) is -4.67. The maximum absolute atomic E-state index is 12.6. The molecule has 0 amide bonds. The Morgan fingerprint density at radius 1 is 0.846 bits per heavy atom. The van der Waals surface area contributed by atoms with E-state index in [0.29, 0.717) is 6.61 Å². The molecule has 1 aromatic rings. The summed E-state index contributed by atoms with van der Waals surface area (Å²) < 4.78 is 76.9. The molecule has 1 aromatic carbocycles. The predicted octanol–water partition coefficient (Wildman–Crippen LogP) is 4.99. The van der Waals surface area contributed by atoms with Crippen molar-refractivity contribution in [2.45, 2.75) is 51.0 Å². The van der Waals surface area contributed by atoms with Crippen LogP contribution in [0.4, 0.5) is 22.0 Å². The Hall–Kier alpha value is -1.25. The van der Waals surface area contributed by atoms with Gasteiger partial charge in [0.05, 0.1) is 19.8 Å². The van der Waals surface area contributed by atoms with Gasteiger partial charge in [-0.25, -0.2) is 0 Å². The van der Waals surface area contributed by atoms with Crippen molar-refractivity contribution in [1.29, 1.82) is 0 Å². The van der Waals surface area contributed by atoms with Gasteiger partial charge >= 0.3 is 12.1 Å². The molecule has 1 rings (SSSR count). The molecule has 26 heavy (non-hydrogen) atoms. The van der Waals surface area contributed by atoms with E-state index >= 15 is 0 Å². The van der Waals surface area contributed by atoms with E-state index in [1.165, 1.54) is 5.56 Å². The quantitative estimate of drug-likeness (QED) is 0.272. The first-order valence-electron chi connectivity index (χ1n) is 8.52. The summed E-state index contributed by atoms with van der Waals surface area (Å²) >= 11 is 0. The van der Waals surface area contributed by atoms with E-state index in [0.717, 1.165) is 12.8 Å². The molecule has 0 aliphatic heterocycles. The Kier molecular flexibility index (Phi) is 10.0. The minimum absolute atomic E-state index is 0.106. The Bertz CT molecular complexity index is 479. The molecule has 0 aliphatic carbocycles. The van der Waals surface area contributed by atoms with Crippen molar-refractivity contribution in [2.75, 3.05) is 26.4 Å². The lowest BCUT2D eigenvalue weighted by Crippen LogP contribution is -2.36. The fraction of sp³-hybridized carbons (Fsp3) is 0.667. The third kappa shape index (κ3) is 9.45. The van der Waals surface area contributed by atoms with Crippen LogP contribution in [0, 0.1) is 0 Å². The van der Waals surface area contributed by atoms with Gasteiger partial charge in [0.2, 0.25) is 0 Å². The number of hydrogen-bond acceptors (Lipinski definition) is 3. The third-order valence-corrected chi connectivity index (χ3v) is 3.58. The SMILES string of the molecule is CC(OCCCc1ccccc1)OCCOCCCC(F)(F)C(F)(F)F. The molecule has 0 aliphatic rings. The lowest BCUT2D eigenvalue weighted by molar-refractivity contribution is -0.285. The second-order valence-electron chi connectivity index (χ2n) is 5.82. The molecule has 0 aromatic heterocycles. The lowest BCUT2D eigenvalue weighted by atomic mass is 10.1. The van der Waals surface area contributed by atoms with Crippen LogP contribution in [-0.2, 0) is 20.6 Å². The first kappa shape index (κ1) is 22.8. The van der Waals surface area contributed by atoms with Crippen LogP contribution < -0.4 is 0 Å². The summed E-state index contributed by atoms with van der Waals surface area (Å²) in [4.78, 5) is 0. The smallest absolute Gasteiger partial charge is 0.379 e. The summed E-state index contributed by atoms with van der Waals surface area (Å²) in [5.41, 5.74) is 1.23. The minimum Gasteiger partial charge on any atom is -0.379 e. The summed E-state index contributed by atoms with van der Waals surface area (Å²) in [7, 11) is 0. The van der Waals surface area contributed by atoms with Gasteiger partial charge in [0.25, 0.3) is 0 Å². The van der Waals surface area contributed by atoms with E-state index < -0.39 is 24.8 Å². The van der Waals surface area contributed by atoms with Crippen molar-refractivity contribution in [1.82, 2.24) is 0 Å². The highest BCUT2D eigenvalue weighted by atomic mass is 19.4. The second-order valence-corrected chi connectivity index (χ2v) is 5.82. The van der Waals surface area contributed by atoms with Crippen LogP contribution in [0.1, 0.15) is 31.7 Å². The van der Waals surface area contributed by atoms with Crippen LogP contribution in [0.15, 0.2) is 30.3 Å². The average molecular weight is 384 g/mol. The number of rotatable bonds is 13. The highest BCUT2D eigenvalue weighted by Gasteiger charge is 2.56. The molecule has 1 atom stereocenters. The molecule has 8 heteroatoms. The summed E-state index contributed by atoms with van der Waals surface area (Å²) in [6.07, 6.45) is -5.86. The van der Waals surface area contributed by atoms with E-state index in [1.54, 1.807) is 6.92 Å². The fourth-order valence-corrected chi connectivity index (χ4v) is 2.13. The number of alkyl halides is 5. The molecule has 0 radical (unpaired) electrons. The Morgan fingerprint density at radius 3 is 2.15 bits per heavy atom. The zero-order chi connectivity index (χ0) is 19.5. The number of ether oxygens (including phenoxy) is 3. The monoisotopic (exact) mass is 384 g/mol. The molecule has 0 heterocycles. The summed E-state index contributed by atoms with van der Waals surface area (Å²) in [5, 5.41) is 0. The standard InChI is InChI=1S/C18H25F5O3/c1-15(25-12-5-9-16-7-3-2-4-8-16)26-14-13-24-11-6-10-17(19,20)18(21,22)23/h2-4,7-8,15H,5-6,9-14H2,1H3. The van der Waals surface area contributed by atoms with E-state index in [9.17, 15) is 22.0 Å². The van der Waals surface area contributed by atoms with Crippen LogP contribution in [0.25, 0.3) is 0 Å². The summed E-state index contributed by atoms with van der Waals surface area (Å²) in [6.45, 7) is 2.36. The molecule has 1 unspecified atom stereocenters. The number of hydrogen-bond donors (Lipinski definition) is 0. The topological polar surface area (TPSA) is 27.7 Å².